The third-order valence-corrected chi connectivity index (χ3v) is 5.55. The molecule has 2 aromatic carbocycles. The van der Waals surface area contributed by atoms with Crippen LogP contribution in [-0.4, -0.2) is 24.7 Å². The van der Waals surface area contributed by atoms with Gasteiger partial charge in [0.15, 0.2) is 11.0 Å². The van der Waals surface area contributed by atoms with Crippen molar-refractivity contribution in [2.24, 2.45) is 5.92 Å². The summed E-state index contributed by atoms with van der Waals surface area (Å²) >= 11 is 1.53. The number of aromatic nitrogens is 5. The Hall–Kier alpha value is -2.93. The summed E-state index contributed by atoms with van der Waals surface area (Å²) in [5, 5.41) is 10.3. The Morgan fingerprint density at radius 3 is 2.59 bits per heavy atom. The van der Waals surface area contributed by atoms with Gasteiger partial charge < -0.3 is 9.55 Å². The molecule has 0 spiro atoms. The average Bonchev–Trinajstić information content (AvgIpc) is 3.09. The molecule has 4 rings (SSSR count). The van der Waals surface area contributed by atoms with E-state index in [1.54, 1.807) is 6.07 Å². The van der Waals surface area contributed by atoms with Gasteiger partial charge in [0.1, 0.15) is 5.82 Å². The molecule has 1 N–H and O–H groups in total. The molecule has 6 nitrogen and oxygen atoms in total. The van der Waals surface area contributed by atoms with Gasteiger partial charge in [0.25, 0.3) is 5.56 Å². The summed E-state index contributed by atoms with van der Waals surface area (Å²) in [7, 11) is 0. The quantitative estimate of drug-likeness (QED) is 0.480. The number of para-hydroxylation sites is 1. The zero-order chi connectivity index (χ0) is 20.4. The van der Waals surface area contributed by atoms with Crippen molar-refractivity contribution in [2.75, 3.05) is 0 Å². The fourth-order valence-corrected chi connectivity index (χ4v) is 4.00. The van der Waals surface area contributed by atoms with E-state index in [2.05, 4.69) is 69.8 Å². The summed E-state index contributed by atoms with van der Waals surface area (Å²) < 4.78 is 2.15. The summed E-state index contributed by atoms with van der Waals surface area (Å²) in [4.78, 5) is 19.8. The third-order valence-electron chi connectivity index (χ3n) is 4.57. The average molecular weight is 406 g/mol. The smallest absolute Gasteiger partial charge is 0.258 e. The number of thioether (sulfide) groups is 1. The monoisotopic (exact) mass is 405 g/mol. The number of rotatable bonds is 6. The molecule has 0 fully saturated rings. The molecule has 0 saturated carbocycles. The Bertz CT molecular complexity index is 1190. The topological polar surface area (TPSA) is 76.5 Å². The van der Waals surface area contributed by atoms with E-state index in [-0.39, 0.29) is 5.56 Å². The lowest BCUT2D eigenvalue weighted by Gasteiger charge is -2.12. The number of nitrogens with one attached hydrogen (secondary N) is 1. The predicted octanol–water partition coefficient (Wildman–Crippen LogP) is 4.44. The van der Waals surface area contributed by atoms with Gasteiger partial charge in [-0.15, -0.1) is 10.2 Å². The van der Waals surface area contributed by atoms with Crippen molar-refractivity contribution in [3.05, 3.63) is 70.3 Å². The lowest BCUT2D eigenvalue weighted by molar-refractivity contribution is 0.498. The predicted molar refractivity (Wildman–Crippen MR) is 117 cm³/mol. The molecule has 7 heteroatoms. The molecule has 0 unspecified atom stereocenters. The van der Waals surface area contributed by atoms with Crippen LogP contribution in [0.4, 0.5) is 0 Å². The molecular formula is C22H23N5OS. The standard InChI is InChI=1S/C22H23N5OS/c1-14(2)12-27-20(16-10-8-15(3)9-11-16)25-26-22(27)29-13-19-23-18-7-5-4-6-17(18)21(28)24-19/h4-11,14H,12-13H2,1-3H3,(H,23,24,28). The van der Waals surface area contributed by atoms with Crippen molar-refractivity contribution in [2.45, 2.75) is 38.2 Å². The maximum Gasteiger partial charge on any atom is 0.258 e. The van der Waals surface area contributed by atoms with Gasteiger partial charge >= 0.3 is 0 Å². The van der Waals surface area contributed by atoms with Crippen molar-refractivity contribution in [3.63, 3.8) is 0 Å². The fraction of sp³-hybridized carbons (Fsp3) is 0.273. The first-order valence-electron chi connectivity index (χ1n) is 9.62. The summed E-state index contributed by atoms with van der Waals surface area (Å²) in [5.41, 5.74) is 2.85. The van der Waals surface area contributed by atoms with E-state index in [1.807, 2.05) is 18.2 Å². The van der Waals surface area contributed by atoms with Gasteiger partial charge in [0.2, 0.25) is 0 Å². The van der Waals surface area contributed by atoms with Crippen LogP contribution < -0.4 is 5.56 Å². The molecule has 148 valence electrons. The highest BCUT2D eigenvalue weighted by atomic mass is 32.2. The highest BCUT2D eigenvalue weighted by molar-refractivity contribution is 7.98. The molecule has 2 heterocycles. The molecule has 0 saturated heterocycles. The zero-order valence-electron chi connectivity index (χ0n) is 16.7. The van der Waals surface area contributed by atoms with E-state index in [0.29, 0.717) is 28.4 Å². The fourth-order valence-electron chi connectivity index (χ4n) is 3.18. The van der Waals surface area contributed by atoms with Gasteiger partial charge in [-0.3, -0.25) is 4.79 Å². The van der Waals surface area contributed by atoms with Crippen molar-refractivity contribution in [1.82, 2.24) is 24.7 Å². The van der Waals surface area contributed by atoms with Crippen molar-refractivity contribution in [1.29, 1.82) is 0 Å². The van der Waals surface area contributed by atoms with E-state index in [9.17, 15) is 4.79 Å². The van der Waals surface area contributed by atoms with E-state index in [4.69, 9.17) is 0 Å². The van der Waals surface area contributed by atoms with Gasteiger partial charge in [-0.1, -0.05) is 67.6 Å². The van der Waals surface area contributed by atoms with Crippen LogP contribution in [0.3, 0.4) is 0 Å². The number of hydrogen-bond donors (Lipinski definition) is 1. The normalized spacial score (nSPS) is 11.4. The van der Waals surface area contributed by atoms with Crippen molar-refractivity contribution >= 4 is 22.7 Å². The highest BCUT2D eigenvalue weighted by Gasteiger charge is 2.16. The van der Waals surface area contributed by atoms with E-state index >= 15 is 0 Å². The third kappa shape index (κ3) is 4.24. The Kier molecular flexibility index (Phi) is 5.49. The van der Waals surface area contributed by atoms with Crippen molar-refractivity contribution < 1.29 is 0 Å². The van der Waals surface area contributed by atoms with Gasteiger partial charge in [-0.05, 0) is 25.0 Å². The second-order valence-electron chi connectivity index (χ2n) is 7.50. The maximum atomic E-state index is 12.3. The molecule has 0 aliphatic heterocycles. The minimum Gasteiger partial charge on any atom is -0.309 e. The minimum absolute atomic E-state index is 0.116. The molecule has 0 radical (unpaired) electrons. The van der Waals surface area contributed by atoms with Gasteiger partial charge in [-0.25, -0.2) is 4.98 Å². The summed E-state index contributed by atoms with van der Waals surface area (Å²) in [6.07, 6.45) is 0. The van der Waals surface area contributed by atoms with Gasteiger partial charge in [-0.2, -0.15) is 0 Å². The lowest BCUT2D eigenvalue weighted by Crippen LogP contribution is -2.11. The second-order valence-corrected chi connectivity index (χ2v) is 8.44. The van der Waals surface area contributed by atoms with Gasteiger partial charge in [0, 0.05) is 12.1 Å². The summed E-state index contributed by atoms with van der Waals surface area (Å²) in [6.45, 7) is 7.24. The Labute approximate surface area is 173 Å². The molecule has 0 aliphatic rings. The van der Waals surface area contributed by atoms with Crippen LogP contribution in [0.5, 0.6) is 0 Å². The SMILES string of the molecule is Cc1ccc(-c2nnc(SCc3nc4ccccc4c(=O)[nH]3)n2CC(C)C)cc1. The molecule has 0 bridgehead atoms. The maximum absolute atomic E-state index is 12.3. The number of H-pyrrole nitrogens is 1. The first kappa shape index (κ1) is 19.4. The number of fused-ring (bicyclic) bond motifs is 1. The molecular weight excluding hydrogens is 382 g/mol. The number of nitrogens with zero attached hydrogens (tertiary/aromatic N) is 4. The summed E-state index contributed by atoms with van der Waals surface area (Å²) in [6, 6.07) is 15.7. The van der Waals surface area contributed by atoms with Crippen LogP contribution in [0.25, 0.3) is 22.3 Å². The number of benzene rings is 2. The Balaban J connectivity index is 1.63. The van der Waals surface area contributed by atoms with E-state index in [1.165, 1.54) is 17.3 Å². The molecule has 0 atom stereocenters. The van der Waals surface area contributed by atoms with E-state index in [0.717, 1.165) is 23.1 Å². The molecule has 2 aromatic heterocycles. The van der Waals surface area contributed by atoms with Crippen LogP contribution >= 0.6 is 11.8 Å². The molecule has 0 aliphatic carbocycles. The minimum atomic E-state index is -0.116. The van der Waals surface area contributed by atoms with E-state index < -0.39 is 0 Å². The van der Waals surface area contributed by atoms with Crippen molar-refractivity contribution in [3.8, 4) is 11.4 Å². The lowest BCUT2D eigenvalue weighted by atomic mass is 10.1. The number of aromatic amines is 1. The van der Waals surface area contributed by atoms with Crippen LogP contribution in [-0.2, 0) is 12.3 Å². The Morgan fingerprint density at radius 1 is 1.07 bits per heavy atom. The highest BCUT2D eigenvalue weighted by Crippen LogP contribution is 2.27. The van der Waals surface area contributed by atoms with Crippen LogP contribution in [0.2, 0.25) is 0 Å². The van der Waals surface area contributed by atoms with Crippen LogP contribution in [0.15, 0.2) is 58.5 Å². The molecule has 29 heavy (non-hydrogen) atoms. The largest absolute Gasteiger partial charge is 0.309 e. The molecule has 4 aromatic rings. The van der Waals surface area contributed by atoms with Gasteiger partial charge in [0.05, 0.1) is 16.7 Å². The van der Waals surface area contributed by atoms with Crippen LogP contribution in [0.1, 0.15) is 25.2 Å². The first-order chi connectivity index (χ1) is 14.0. The summed E-state index contributed by atoms with van der Waals surface area (Å²) in [5.74, 6) is 2.47. The second kappa shape index (κ2) is 8.21. The number of hydrogen-bond acceptors (Lipinski definition) is 5. The van der Waals surface area contributed by atoms with Crippen LogP contribution in [0, 0.1) is 12.8 Å². The Morgan fingerprint density at radius 2 is 1.83 bits per heavy atom. The first-order valence-corrected chi connectivity index (χ1v) is 10.6. The number of aryl methyl sites for hydroxylation is 1. The zero-order valence-corrected chi connectivity index (χ0v) is 17.5. The molecule has 0 amide bonds.